The Labute approximate surface area is 166 Å². The molecule has 142 valence electrons. The van der Waals surface area contributed by atoms with Gasteiger partial charge in [0.05, 0.1) is 26.7 Å². The maximum absolute atomic E-state index is 13.4. The van der Waals surface area contributed by atoms with E-state index in [-0.39, 0.29) is 24.3 Å². The minimum Gasteiger partial charge on any atom is -0.495 e. The molecule has 1 fully saturated rings. The number of methoxy groups -OCH3 is 2. The van der Waals surface area contributed by atoms with Crippen molar-refractivity contribution >= 4 is 27.7 Å². The molecule has 1 heterocycles. The standard InChI is InChI=1S/C20H21BrN2O4/c1-26-16-10-14(11-17(27-2)19(16)21)20(25)23-9-8-22-18(24)12-15(23)13-6-4-3-5-7-13/h3-7,10-11,15H,8-9,12H2,1-2H3,(H,22,24). The minimum atomic E-state index is -0.332. The van der Waals surface area contributed by atoms with Gasteiger partial charge < -0.3 is 19.7 Å². The number of hydrogen-bond donors (Lipinski definition) is 1. The molecule has 0 saturated carbocycles. The molecule has 1 atom stereocenters. The van der Waals surface area contributed by atoms with Crippen LogP contribution in [0.1, 0.15) is 28.4 Å². The molecule has 6 nitrogen and oxygen atoms in total. The van der Waals surface area contributed by atoms with Crippen molar-refractivity contribution in [3.63, 3.8) is 0 Å². The Balaban J connectivity index is 2.01. The lowest BCUT2D eigenvalue weighted by Crippen LogP contribution is -2.36. The lowest BCUT2D eigenvalue weighted by molar-refractivity contribution is -0.121. The average Bonchev–Trinajstić information content (AvgIpc) is 2.89. The van der Waals surface area contributed by atoms with Crippen LogP contribution in [0.3, 0.4) is 0 Å². The summed E-state index contributed by atoms with van der Waals surface area (Å²) in [5.41, 5.74) is 1.38. The molecule has 0 aliphatic carbocycles. The van der Waals surface area contributed by atoms with Crippen molar-refractivity contribution in [1.82, 2.24) is 10.2 Å². The van der Waals surface area contributed by atoms with E-state index in [0.717, 1.165) is 5.56 Å². The van der Waals surface area contributed by atoms with Gasteiger partial charge in [-0.2, -0.15) is 0 Å². The second-order valence-electron chi connectivity index (χ2n) is 6.17. The molecule has 7 heteroatoms. The highest BCUT2D eigenvalue weighted by molar-refractivity contribution is 9.10. The van der Waals surface area contributed by atoms with Gasteiger partial charge in [0, 0.05) is 18.7 Å². The summed E-state index contributed by atoms with van der Waals surface area (Å²) >= 11 is 3.42. The smallest absolute Gasteiger partial charge is 0.254 e. The van der Waals surface area contributed by atoms with E-state index in [1.165, 1.54) is 14.2 Å². The van der Waals surface area contributed by atoms with Gasteiger partial charge in [0.1, 0.15) is 16.0 Å². The van der Waals surface area contributed by atoms with Crippen LogP contribution in [0.15, 0.2) is 46.9 Å². The molecule has 2 aromatic carbocycles. The van der Waals surface area contributed by atoms with E-state index >= 15 is 0 Å². The van der Waals surface area contributed by atoms with Crippen LogP contribution in [0.25, 0.3) is 0 Å². The Bertz CT molecular complexity index is 816. The van der Waals surface area contributed by atoms with Crippen LogP contribution >= 0.6 is 15.9 Å². The highest BCUT2D eigenvalue weighted by Crippen LogP contribution is 2.37. The first-order valence-corrected chi connectivity index (χ1v) is 9.38. The van der Waals surface area contributed by atoms with E-state index in [1.807, 2.05) is 30.3 Å². The number of ether oxygens (including phenoxy) is 2. The van der Waals surface area contributed by atoms with E-state index in [2.05, 4.69) is 21.2 Å². The van der Waals surface area contributed by atoms with E-state index < -0.39 is 0 Å². The Hall–Kier alpha value is -2.54. The molecule has 1 unspecified atom stereocenters. The summed E-state index contributed by atoms with van der Waals surface area (Å²) in [6.45, 7) is 0.837. The molecule has 0 aromatic heterocycles. The van der Waals surface area contributed by atoms with Gasteiger partial charge in [0.25, 0.3) is 5.91 Å². The summed E-state index contributed by atoms with van der Waals surface area (Å²) in [6.07, 6.45) is 0.223. The third-order valence-electron chi connectivity index (χ3n) is 4.57. The fraction of sp³-hybridized carbons (Fsp3) is 0.300. The molecule has 3 rings (SSSR count). The zero-order valence-corrected chi connectivity index (χ0v) is 16.8. The van der Waals surface area contributed by atoms with Crippen LogP contribution in [-0.2, 0) is 4.79 Å². The quantitative estimate of drug-likeness (QED) is 0.805. The Morgan fingerprint density at radius 1 is 1.15 bits per heavy atom. The van der Waals surface area contributed by atoms with Crippen molar-refractivity contribution in [2.75, 3.05) is 27.3 Å². The molecule has 1 aliphatic heterocycles. The number of benzene rings is 2. The molecule has 2 amide bonds. The van der Waals surface area contributed by atoms with Gasteiger partial charge in [-0.15, -0.1) is 0 Å². The van der Waals surface area contributed by atoms with Crippen LogP contribution in [0.5, 0.6) is 11.5 Å². The third-order valence-corrected chi connectivity index (χ3v) is 5.35. The Morgan fingerprint density at radius 3 is 2.37 bits per heavy atom. The maximum Gasteiger partial charge on any atom is 0.254 e. The zero-order valence-electron chi connectivity index (χ0n) is 15.2. The van der Waals surface area contributed by atoms with Crippen LogP contribution in [0.4, 0.5) is 0 Å². The van der Waals surface area contributed by atoms with Crippen molar-refractivity contribution in [2.45, 2.75) is 12.5 Å². The lowest BCUT2D eigenvalue weighted by atomic mass is 10.0. The molecule has 2 aromatic rings. The summed E-state index contributed by atoms with van der Waals surface area (Å²) in [6, 6.07) is 12.6. The number of hydrogen-bond acceptors (Lipinski definition) is 4. The predicted octanol–water partition coefficient (Wildman–Crippen LogP) is 3.17. The molecule has 1 saturated heterocycles. The maximum atomic E-state index is 13.4. The van der Waals surface area contributed by atoms with Gasteiger partial charge in [0.15, 0.2) is 0 Å². The van der Waals surface area contributed by atoms with E-state index in [4.69, 9.17) is 9.47 Å². The van der Waals surface area contributed by atoms with Crippen molar-refractivity contribution in [3.8, 4) is 11.5 Å². The summed E-state index contributed by atoms with van der Waals surface area (Å²) in [4.78, 5) is 27.2. The monoisotopic (exact) mass is 432 g/mol. The fourth-order valence-corrected chi connectivity index (χ4v) is 3.76. The first-order chi connectivity index (χ1) is 13.0. The second-order valence-corrected chi connectivity index (χ2v) is 6.97. The van der Waals surface area contributed by atoms with Gasteiger partial charge in [0.2, 0.25) is 5.91 Å². The molecule has 0 radical (unpaired) electrons. The number of nitrogens with one attached hydrogen (secondary N) is 1. The normalized spacial score (nSPS) is 17.1. The number of carbonyl (C=O) groups is 2. The van der Waals surface area contributed by atoms with E-state index in [9.17, 15) is 9.59 Å². The predicted molar refractivity (Wildman–Crippen MR) is 105 cm³/mol. The molecule has 1 aliphatic rings. The Kier molecular flexibility index (Phi) is 6.01. The van der Waals surface area contributed by atoms with Crippen molar-refractivity contribution in [2.24, 2.45) is 0 Å². The average molecular weight is 433 g/mol. The first-order valence-electron chi connectivity index (χ1n) is 8.59. The van der Waals surface area contributed by atoms with Gasteiger partial charge in [-0.3, -0.25) is 9.59 Å². The number of amides is 2. The third kappa shape index (κ3) is 4.08. The van der Waals surface area contributed by atoms with Crippen LogP contribution in [0, 0.1) is 0 Å². The highest BCUT2D eigenvalue weighted by atomic mass is 79.9. The highest BCUT2D eigenvalue weighted by Gasteiger charge is 2.31. The van der Waals surface area contributed by atoms with E-state index in [0.29, 0.717) is 34.6 Å². The summed E-state index contributed by atoms with van der Waals surface area (Å²) in [5, 5.41) is 2.85. The number of nitrogens with zero attached hydrogens (tertiary/aromatic N) is 1. The van der Waals surface area contributed by atoms with Crippen molar-refractivity contribution < 1.29 is 19.1 Å². The largest absolute Gasteiger partial charge is 0.495 e. The van der Waals surface area contributed by atoms with Crippen LogP contribution in [-0.4, -0.2) is 44.0 Å². The van der Waals surface area contributed by atoms with Crippen LogP contribution in [0.2, 0.25) is 0 Å². The molecule has 0 bridgehead atoms. The first kappa shape index (κ1) is 19.2. The Morgan fingerprint density at radius 2 is 1.78 bits per heavy atom. The van der Waals surface area contributed by atoms with Gasteiger partial charge in [-0.1, -0.05) is 30.3 Å². The SMILES string of the molecule is COc1cc(C(=O)N2CCNC(=O)CC2c2ccccc2)cc(OC)c1Br. The molecule has 0 spiro atoms. The number of carbonyl (C=O) groups excluding carboxylic acids is 2. The molecule has 1 N–H and O–H groups in total. The number of rotatable bonds is 4. The van der Waals surface area contributed by atoms with Gasteiger partial charge in [-0.25, -0.2) is 0 Å². The van der Waals surface area contributed by atoms with Crippen LogP contribution < -0.4 is 14.8 Å². The molecule has 27 heavy (non-hydrogen) atoms. The van der Waals surface area contributed by atoms with Crippen molar-refractivity contribution in [3.05, 3.63) is 58.1 Å². The summed E-state index contributed by atoms with van der Waals surface area (Å²) in [7, 11) is 3.07. The van der Waals surface area contributed by atoms with Gasteiger partial charge in [-0.05, 0) is 33.6 Å². The second kappa shape index (κ2) is 8.43. The fourth-order valence-electron chi connectivity index (χ4n) is 3.20. The minimum absolute atomic E-state index is 0.0647. The topological polar surface area (TPSA) is 67.9 Å². The molecular formula is C20H21BrN2O4. The lowest BCUT2D eigenvalue weighted by Gasteiger charge is -2.30. The zero-order chi connectivity index (χ0) is 19.4. The van der Waals surface area contributed by atoms with E-state index in [1.54, 1.807) is 17.0 Å². The summed E-state index contributed by atoms with van der Waals surface area (Å²) in [5.74, 6) is 0.783. The number of halogens is 1. The van der Waals surface area contributed by atoms with Crippen molar-refractivity contribution in [1.29, 1.82) is 0 Å². The van der Waals surface area contributed by atoms with Gasteiger partial charge >= 0.3 is 0 Å². The molecular weight excluding hydrogens is 412 g/mol. The summed E-state index contributed by atoms with van der Waals surface area (Å²) < 4.78 is 11.4.